The third-order valence-electron chi connectivity index (χ3n) is 4.68. The summed E-state index contributed by atoms with van der Waals surface area (Å²) in [5.74, 6) is -1.04. The summed E-state index contributed by atoms with van der Waals surface area (Å²) >= 11 is 0. The number of carbonyl (C=O) groups excluding carboxylic acids is 3. The predicted octanol–water partition coefficient (Wildman–Crippen LogP) is 3.09. The number of carbonyl (C=O) groups is 3. The highest BCUT2D eigenvalue weighted by atomic mass is 16.5. The number of hydrogen-bond donors (Lipinski definition) is 2. The van der Waals surface area contributed by atoms with E-state index in [4.69, 9.17) is 4.74 Å². The van der Waals surface area contributed by atoms with Gasteiger partial charge in [-0.1, -0.05) is 6.07 Å². The number of imide groups is 1. The van der Waals surface area contributed by atoms with E-state index < -0.39 is 12.0 Å². The summed E-state index contributed by atoms with van der Waals surface area (Å²) in [6, 6.07) is 13.3. The highest BCUT2D eigenvalue weighted by molar-refractivity contribution is 6.23. The maximum Gasteiger partial charge on any atom is 0.338 e. The second kappa shape index (κ2) is 7.19. The Labute approximate surface area is 161 Å². The van der Waals surface area contributed by atoms with Gasteiger partial charge in [-0.3, -0.25) is 9.59 Å². The third-order valence-corrected chi connectivity index (χ3v) is 4.68. The fraction of sp³-hybridized carbons (Fsp3) is 0.190. The molecular formula is C21H19N3O4. The largest absolute Gasteiger partial charge is 0.462 e. The van der Waals surface area contributed by atoms with Crippen LogP contribution in [0.15, 0.2) is 54.7 Å². The summed E-state index contributed by atoms with van der Waals surface area (Å²) in [5.41, 5.74) is 2.53. The van der Waals surface area contributed by atoms with Gasteiger partial charge < -0.3 is 15.0 Å². The van der Waals surface area contributed by atoms with Crippen LogP contribution in [-0.2, 0) is 14.3 Å². The van der Waals surface area contributed by atoms with Crippen molar-refractivity contribution in [3.63, 3.8) is 0 Å². The van der Waals surface area contributed by atoms with Crippen LogP contribution in [0.2, 0.25) is 0 Å². The molecule has 0 saturated carbocycles. The lowest BCUT2D eigenvalue weighted by Crippen LogP contribution is -2.34. The van der Waals surface area contributed by atoms with Gasteiger partial charge in [-0.15, -0.1) is 0 Å². The van der Waals surface area contributed by atoms with Crippen molar-refractivity contribution in [1.82, 2.24) is 4.98 Å². The summed E-state index contributed by atoms with van der Waals surface area (Å²) in [4.78, 5) is 41.3. The summed E-state index contributed by atoms with van der Waals surface area (Å²) < 4.78 is 4.94. The number of nitrogens with zero attached hydrogens (tertiary/aromatic N) is 1. The van der Waals surface area contributed by atoms with Crippen molar-refractivity contribution in [2.45, 2.75) is 19.4 Å². The molecule has 1 aliphatic rings. The van der Waals surface area contributed by atoms with Gasteiger partial charge in [-0.2, -0.15) is 0 Å². The highest BCUT2D eigenvalue weighted by Crippen LogP contribution is 2.26. The first-order valence-corrected chi connectivity index (χ1v) is 9.04. The van der Waals surface area contributed by atoms with E-state index in [1.807, 2.05) is 30.5 Å². The number of aromatic nitrogens is 1. The van der Waals surface area contributed by atoms with Crippen LogP contribution in [0.3, 0.4) is 0 Å². The average molecular weight is 377 g/mol. The Balaban J connectivity index is 1.51. The Morgan fingerprint density at radius 3 is 2.71 bits per heavy atom. The minimum absolute atomic E-state index is 0.0707. The molecule has 7 heteroatoms. The molecular weight excluding hydrogens is 358 g/mol. The van der Waals surface area contributed by atoms with Crippen LogP contribution < -0.4 is 10.2 Å². The number of benzene rings is 2. The van der Waals surface area contributed by atoms with Gasteiger partial charge in [0.2, 0.25) is 5.91 Å². The van der Waals surface area contributed by atoms with Gasteiger partial charge in [-0.25, -0.2) is 9.69 Å². The maximum absolute atomic E-state index is 12.8. The zero-order valence-corrected chi connectivity index (χ0v) is 15.3. The topological polar surface area (TPSA) is 91.5 Å². The number of esters is 1. The number of amides is 2. The second-order valence-corrected chi connectivity index (χ2v) is 6.52. The van der Waals surface area contributed by atoms with E-state index in [1.54, 1.807) is 31.2 Å². The predicted molar refractivity (Wildman–Crippen MR) is 105 cm³/mol. The van der Waals surface area contributed by atoms with E-state index in [9.17, 15) is 14.4 Å². The van der Waals surface area contributed by atoms with Crippen LogP contribution in [0.4, 0.5) is 11.4 Å². The number of ether oxygens (including phenoxy) is 1. The molecule has 1 aromatic heterocycles. The quantitative estimate of drug-likeness (QED) is 0.527. The molecule has 0 aliphatic carbocycles. The van der Waals surface area contributed by atoms with Crippen LogP contribution in [0, 0.1) is 0 Å². The van der Waals surface area contributed by atoms with Gasteiger partial charge in [0.1, 0.15) is 6.04 Å². The molecule has 0 radical (unpaired) electrons. The Kier molecular flexibility index (Phi) is 4.57. The molecule has 0 bridgehead atoms. The molecule has 2 aromatic carbocycles. The second-order valence-electron chi connectivity index (χ2n) is 6.52. The molecule has 2 N–H and O–H groups in total. The number of aromatic amines is 1. The summed E-state index contributed by atoms with van der Waals surface area (Å²) in [5, 5.41) is 4.21. The molecule has 0 unspecified atom stereocenters. The molecule has 1 fully saturated rings. The minimum atomic E-state index is -0.635. The van der Waals surface area contributed by atoms with Crippen molar-refractivity contribution in [3.05, 3.63) is 60.3 Å². The van der Waals surface area contributed by atoms with Crippen molar-refractivity contribution in [3.8, 4) is 0 Å². The lowest BCUT2D eigenvalue weighted by atomic mass is 10.2. The van der Waals surface area contributed by atoms with Crippen molar-refractivity contribution in [2.24, 2.45) is 0 Å². The van der Waals surface area contributed by atoms with E-state index >= 15 is 0 Å². The SMILES string of the molecule is CCOC(=O)c1ccc(N2C(=O)C[C@H](Nc3ccc4cc[nH]c4c3)C2=O)cc1. The molecule has 28 heavy (non-hydrogen) atoms. The Morgan fingerprint density at radius 2 is 1.96 bits per heavy atom. The van der Waals surface area contributed by atoms with Gasteiger partial charge in [0.05, 0.1) is 24.3 Å². The standard InChI is InChI=1S/C21H19N3O4/c1-2-28-21(27)14-4-7-16(8-5-14)24-19(25)12-18(20(24)26)23-15-6-3-13-9-10-22-17(13)11-15/h3-11,18,22-23H,2,12H2,1H3/t18-/m0/s1. The number of hydrogen-bond acceptors (Lipinski definition) is 5. The van der Waals surface area contributed by atoms with Crippen molar-refractivity contribution in [1.29, 1.82) is 0 Å². The lowest BCUT2D eigenvalue weighted by molar-refractivity contribution is -0.121. The molecule has 4 rings (SSSR count). The van der Waals surface area contributed by atoms with E-state index in [2.05, 4.69) is 10.3 Å². The minimum Gasteiger partial charge on any atom is -0.462 e. The number of fused-ring (bicyclic) bond motifs is 1. The van der Waals surface area contributed by atoms with Gasteiger partial charge in [0.15, 0.2) is 0 Å². The van der Waals surface area contributed by atoms with Crippen molar-refractivity contribution >= 4 is 40.1 Å². The normalized spacial score (nSPS) is 16.6. The molecule has 0 spiro atoms. The molecule has 7 nitrogen and oxygen atoms in total. The van der Waals surface area contributed by atoms with Crippen LogP contribution >= 0.6 is 0 Å². The molecule has 142 valence electrons. The van der Waals surface area contributed by atoms with Crippen LogP contribution in [-0.4, -0.2) is 35.4 Å². The zero-order chi connectivity index (χ0) is 19.7. The van der Waals surface area contributed by atoms with Gasteiger partial charge in [-0.05, 0) is 54.8 Å². The lowest BCUT2D eigenvalue weighted by Gasteiger charge is -2.16. The molecule has 1 saturated heterocycles. The number of anilines is 2. The first-order chi connectivity index (χ1) is 13.6. The van der Waals surface area contributed by atoms with E-state index in [1.165, 1.54) is 0 Å². The molecule has 2 amide bonds. The third kappa shape index (κ3) is 3.22. The fourth-order valence-corrected chi connectivity index (χ4v) is 3.32. The molecule has 2 heterocycles. The van der Waals surface area contributed by atoms with Crippen molar-refractivity contribution < 1.29 is 19.1 Å². The van der Waals surface area contributed by atoms with Crippen molar-refractivity contribution in [2.75, 3.05) is 16.8 Å². The van der Waals surface area contributed by atoms with Gasteiger partial charge in [0.25, 0.3) is 5.91 Å². The molecule has 1 aliphatic heterocycles. The Morgan fingerprint density at radius 1 is 1.18 bits per heavy atom. The number of rotatable bonds is 5. The number of H-pyrrole nitrogens is 1. The van der Waals surface area contributed by atoms with E-state index in [-0.39, 0.29) is 24.8 Å². The van der Waals surface area contributed by atoms with Crippen LogP contribution in [0.25, 0.3) is 10.9 Å². The summed E-state index contributed by atoms with van der Waals surface area (Å²) in [7, 11) is 0. The van der Waals surface area contributed by atoms with Gasteiger partial charge >= 0.3 is 5.97 Å². The first kappa shape index (κ1) is 17.8. The zero-order valence-electron chi connectivity index (χ0n) is 15.3. The summed E-state index contributed by atoms with van der Waals surface area (Å²) in [6.07, 6.45) is 1.92. The molecule has 3 aromatic rings. The highest BCUT2D eigenvalue weighted by Gasteiger charge is 2.39. The number of nitrogens with one attached hydrogen (secondary N) is 2. The first-order valence-electron chi connectivity index (χ1n) is 9.04. The van der Waals surface area contributed by atoms with E-state index in [0.717, 1.165) is 21.5 Å². The average Bonchev–Trinajstić information content (AvgIpc) is 3.26. The van der Waals surface area contributed by atoms with Gasteiger partial charge in [0, 0.05) is 17.4 Å². The Bertz CT molecular complexity index is 1050. The van der Waals surface area contributed by atoms with E-state index in [0.29, 0.717) is 11.3 Å². The Hall–Kier alpha value is -3.61. The monoisotopic (exact) mass is 377 g/mol. The maximum atomic E-state index is 12.8. The molecule has 1 atom stereocenters. The van der Waals surface area contributed by atoms with Crippen LogP contribution in [0.1, 0.15) is 23.7 Å². The fourth-order valence-electron chi connectivity index (χ4n) is 3.32. The summed E-state index contributed by atoms with van der Waals surface area (Å²) in [6.45, 7) is 2.01. The van der Waals surface area contributed by atoms with Crippen LogP contribution in [0.5, 0.6) is 0 Å². The smallest absolute Gasteiger partial charge is 0.338 e.